The van der Waals surface area contributed by atoms with Crippen LogP contribution in [0.15, 0.2) is 28.7 Å². The van der Waals surface area contributed by atoms with Crippen molar-refractivity contribution in [3.63, 3.8) is 0 Å². The number of piperidine rings is 1. The fourth-order valence-electron chi connectivity index (χ4n) is 3.40. The number of hydrogen-bond donors (Lipinski definition) is 0. The van der Waals surface area contributed by atoms with Gasteiger partial charge in [0.1, 0.15) is 0 Å². The van der Waals surface area contributed by atoms with Crippen LogP contribution < -0.4 is 0 Å². The minimum atomic E-state index is -0.326. The van der Waals surface area contributed by atoms with E-state index in [4.69, 9.17) is 4.74 Å². The largest absolute Gasteiger partial charge is 0.455 e. The van der Waals surface area contributed by atoms with Crippen molar-refractivity contribution in [1.29, 1.82) is 0 Å². The van der Waals surface area contributed by atoms with Crippen LogP contribution in [-0.4, -0.2) is 60.4 Å². The third-order valence-corrected chi connectivity index (χ3v) is 5.53. The molecule has 0 spiro atoms. The van der Waals surface area contributed by atoms with Crippen LogP contribution in [-0.2, 0) is 14.3 Å². The third kappa shape index (κ3) is 4.63. The Labute approximate surface area is 161 Å². The standard InChI is InChI=1S/C19H23BrN2O4/c20-16-5-3-14(4-6-16)18(24)22-11-7-15(8-12-22)19(25)26-13-17(23)21-9-1-2-10-21/h3-6,15H,1-2,7-13H2. The summed E-state index contributed by atoms with van der Waals surface area (Å²) in [5.41, 5.74) is 0.644. The highest BCUT2D eigenvalue weighted by molar-refractivity contribution is 9.10. The van der Waals surface area contributed by atoms with Crippen LogP contribution in [0.4, 0.5) is 0 Å². The van der Waals surface area contributed by atoms with Crippen LogP contribution in [0.5, 0.6) is 0 Å². The van der Waals surface area contributed by atoms with Gasteiger partial charge in [-0.3, -0.25) is 14.4 Å². The molecule has 1 aromatic carbocycles. The summed E-state index contributed by atoms with van der Waals surface area (Å²) in [6.07, 6.45) is 3.17. The van der Waals surface area contributed by atoms with Crippen molar-refractivity contribution >= 4 is 33.7 Å². The topological polar surface area (TPSA) is 66.9 Å². The zero-order valence-corrected chi connectivity index (χ0v) is 16.2. The maximum atomic E-state index is 12.5. The molecule has 2 amide bonds. The fraction of sp³-hybridized carbons (Fsp3) is 0.526. The number of carbonyl (C=O) groups is 3. The third-order valence-electron chi connectivity index (χ3n) is 5.00. The van der Waals surface area contributed by atoms with Crippen molar-refractivity contribution in [2.75, 3.05) is 32.8 Å². The van der Waals surface area contributed by atoms with Crippen LogP contribution in [0.25, 0.3) is 0 Å². The minimum Gasteiger partial charge on any atom is -0.455 e. The molecular weight excluding hydrogens is 400 g/mol. The highest BCUT2D eigenvalue weighted by atomic mass is 79.9. The van der Waals surface area contributed by atoms with Crippen LogP contribution >= 0.6 is 15.9 Å². The van der Waals surface area contributed by atoms with E-state index in [0.717, 1.165) is 30.4 Å². The van der Waals surface area contributed by atoms with Crippen molar-refractivity contribution in [2.45, 2.75) is 25.7 Å². The average Bonchev–Trinajstić information content (AvgIpc) is 3.21. The zero-order valence-electron chi connectivity index (χ0n) is 14.7. The van der Waals surface area contributed by atoms with Crippen molar-refractivity contribution in [3.8, 4) is 0 Å². The first-order valence-corrected chi connectivity index (χ1v) is 9.83. The molecule has 0 unspecified atom stereocenters. The lowest BCUT2D eigenvalue weighted by Gasteiger charge is -2.31. The summed E-state index contributed by atoms with van der Waals surface area (Å²) in [4.78, 5) is 40.1. The molecule has 0 aliphatic carbocycles. The lowest BCUT2D eigenvalue weighted by Crippen LogP contribution is -2.41. The second-order valence-corrected chi connectivity index (χ2v) is 7.68. The first kappa shape index (κ1) is 18.9. The summed E-state index contributed by atoms with van der Waals surface area (Å²) in [6.45, 7) is 2.39. The molecule has 1 aromatic rings. The quantitative estimate of drug-likeness (QED) is 0.698. The molecule has 6 nitrogen and oxygen atoms in total. The summed E-state index contributed by atoms with van der Waals surface area (Å²) in [6, 6.07) is 7.26. The number of carbonyl (C=O) groups excluding carboxylic acids is 3. The summed E-state index contributed by atoms with van der Waals surface area (Å²) in [5, 5.41) is 0. The number of benzene rings is 1. The molecule has 0 saturated carbocycles. The van der Waals surface area contributed by atoms with Gasteiger partial charge in [0.2, 0.25) is 0 Å². The maximum absolute atomic E-state index is 12.5. The number of likely N-dealkylation sites (tertiary alicyclic amines) is 2. The van der Waals surface area contributed by atoms with Crippen molar-refractivity contribution in [1.82, 2.24) is 9.80 Å². The summed E-state index contributed by atoms with van der Waals surface area (Å²) in [7, 11) is 0. The maximum Gasteiger partial charge on any atom is 0.309 e. The zero-order chi connectivity index (χ0) is 18.5. The van der Waals surface area contributed by atoms with E-state index in [0.29, 0.717) is 31.5 Å². The Balaban J connectivity index is 1.44. The van der Waals surface area contributed by atoms with Gasteiger partial charge in [0.05, 0.1) is 5.92 Å². The fourth-order valence-corrected chi connectivity index (χ4v) is 3.67. The predicted octanol–water partition coefficient (Wildman–Crippen LogP) is 2.47. The van der Waals surface area contributed by atoms with Crippen LogP contribution in [0.3, 0.4) is 0 Å². The normalized spacial score (nSPS) is 18.0. The Bertz CT molecular complexity index is 663. The molecule has 2 heterocycles. The van der Waals surface area contributed by atoms with Gasteiger partial charge in [-0.2, -0.15) is 0 Å². The molecule has 7 heteroatoms. The molecular formula is C19H23BrN2O4. The van der Waals surface area contributed by atoms with Crippen LogP contribution in [0.1, 0.15) is 36.0 Å². The number of amides is 2. The predicted molar refractivity (Wildman–Crippen MR) is 99.5 cm³/mol. The highest BCUT2D eigenvalue weighted by Crippen LogP contribution is 2.21. The molecule has 3 rings (SSSR count). The lowest BCUT2D eigenvalue weighted by atomic mass is 9.96. The second kappa shape index (κ2) is 8.66. The number of nitrogens with zero attached hydrogens (tertiary/aromatic N) is 2. The van der Waals surface area contributed by atoms with Gasteiger partial charge in [0.25, 0.3) is 11.8 Å². The molecule has 0 atom stereocenters. The smallest absolute Gasteiger partial charge is 0.309 e. The van der Waals surface area contributed by atoms with Gasteiger partial charge in [0.15, 0.2) is 6.61 Å². The van der Waals surface area contributed by atoms with Gasteiger partial charge in [-0.25, -0.2) is 0 Å². The van der Waals surface area contributed by atoms with Crippen LogP contribution in [0, 0.1) is 5.92 Å². The summed E-state index contributed by atoms with van der Waals surface area (Å²) in [5.74, 6) is -0.698. The first-order valence-electron chi connectivity index (χ1n) is 9.04. The molecule has 2 saturated heterocycles. The van der Waals surface area contributed by atoms with Crippen molar-refractivity contribution < 1.29 is 19.1 Å². The van der Waals surface area contributed by atoms with Gasteiger partial charge in [-0.1, -0.05) is 15.9 Å². The van der Waals surface area contributed by atoms with E-state index in [9.17, 15) is 14.4 Å². The van der Waals surface area contributed by atoms with E-state index >= 15 is 0 Å². The van der Waals surface area contributed by atoms with E-state index in [1.54, 1.807) is 21.9 Å². The molecule has 0 radical (unpaired) electrons. The molecule has 0 N–H and O–H groups in total. The first-order chi connectivity index (χ1) is 12.5. The van der Waals surface area contributed by atoms with Crippen LogP contribution in [0.2, 0.25) is 0 Å². The Kier molecular flexibility index (Phi) is 6.29. The molecule has 140 valence electrons. The van der Waals surface area contributed by atoms with E-state index in [1.165, 1.54) is 0 Å². The summed E-state index contributed by atoms with van der Waals surface area (Å²) >= 11 is 3.36. The average molecular weight is 423 g/mol. The number of rotatable bonds is 4. The van der Waals surface area contributed by atoms with Crippen molar-refractivity contribution in [3.05, 3.63) is 34.3 Å². The van der Waals surface area contributed by atoms with Gasteiger partial charge < -0.3 is 14.5 Å². The Morgan fingerprint density at radius 2 is 1.58 bits per heavy atom. The Morgan fingerprint density at radius 3 is 2.19 bits per heavy atom. The summed E-state index contributed by atoms with van der Waals surface area (Å²) < 4.78 is 6.14. The van der Waals surface area contributed by atoms with E-state index in [-0.39, 0.29) is 30.3 Å². The van der Waals surface area contributed by atoms with Gasteiger partial charge >= 0.3 is 5.97 Å². The Morgan fingerprint density at radius 1 is 0.962 bits per heavy atom. The minimum absolute atomic E-state index is 0.0199. The molecule has 26 heavy (non-hydrogen) atoms. The molecule has 0 bridgehead atoms. The number of ether oxygens (including phenoxy) is 1. The molecule has 2 aliphatic heterocycles. The van der Waals surface area contributed by atoms with Gasteiger partial charge in [-0.05, 0) is 49.9 Å². The number of esters is 1. The highest BCUT2D eigenvalue weighted by Gasteiger charge is 2.29. The number of hydrogen-bond acceptors (Lipinski definition) is 4. The van der Waals surface area contributed by atoms with Gasteiger partial charge in [0, 0.05) is 36.2 Å². The monoisotopic (exact) mass is 422 g/mol. The SMILES string of the molecule is O=C(OCC(=O)N1CCCC1)C1CCN(C(=O)c2ccc(Br)cc2)CC1. The molecule has 2 fully saturated rings. The molecule has 0 aromatic heterocycles. The van der Waals surface area contributed by atoms with E-state index < -0.39 is 0 Å². The van der Waals surface area contributed by atoms with E-state index in [2.05, 4.69) is 15.9 Å². The number of halogens is 1. The van der Waals surface area contributed by atoms with Gasteiger partial charge in [-0.15, -0.1) is 0 Å². The second-order valence-electron chi connectivity index (χ2n) is 6.77. The Hall–Kier alpha value is -1.89. The van der Waals surface area contributed by atoms with Crippen molar-refractivity contribution in [2.24, 2.45) is 5.92 Å². The van der Waals surface area contributed by atoms with E-state index in [1.807, 2.05) is 12.1 Å². The lowest BCUT2D eigenvalue weighted by molar-refractivity contribution is -0.156. The molecule has 2 aliphatic rings.